The van der Waals surface area contributed by atoms with E-state index >= 15 is 0 Å². The van der Waals surface area contributed by atoms with E-state index in [2.05, 4.69) is 65.1 Å². The van der Waals surface area contributed by atoms with Crippen LogP contribution in [-0.2, 0) is 17.9 Å². The van der Waals surface area contributed by atoms with E-state index in [-0.39, 0.29) is 12.5 Å². The fourth-order valence-corrected chi connectivity index (χ4v) is 3.08. The fraction of sp³-hybridized carbons (Fsp3) is 0.400. The summed E-state index contributed by atoms with van der Waals surface area (Å²) in [6.07, 6.45) is 3.26. The maximum Gasteiger partial charge on any atom is 0.242 e. The Morgan fingerprint density at radius 1 is 1.15 bits per heavy atom. The second-order valence-corrected chi connectivity index (χ2v) is 6.60. The molecule has 2 heterocycles. The first-order chi connectivity index (χ1) is 13.0. The second-order valence-electron chi connectivity index (χ2n) is 6.60. The van der Waals surface area contributed by atoms with Gasteiger partial charge in [0.2, 0.25) is 5.91 Å². The van der Waals surface area contributed by atoms with E-state index in [0.29, 0.717) is 12.2 Å². The van der Waals surface area contributed by atoms with Crippen molar-refractivity contribution in [3.8, 4) is 0 Å². The number of carbonyl (C=O) groups excluding carboxylic acids is 1. The summed E-state index contributed by atoms with van der Waals surface area (Å²) in [7, 11) is 0. The summed E-state index contributed by atoms with van der Waals surface area (Å²) in [4.78, 5) is 23.3. The predicted molar refractivity (Wildman–Crippen MR) is 107 cm³/mol. The number of nitrogens with zero attached hydrogens (tertiary/aromatic N) is 5. The molecule has 0 aliphatic rings. The van der Waals surface area contributed by atoms with Gasteiger partial charge in [-0.25, -0.2) is 14.6 Å². The Morgan fingerprint density at radius 3 is 2.63 bits per heavy atom. The lowest BCUT2D eigenvalue weighted by Crippen LogP contribution is -2.27. The SMILES string of the molecule is CCN(CC)c1ncnc2c1cnn2CC(=O)NCc1ccc(C)c(C)c1. The maximum atomic E-state index is 12.4. The molecule has 0 bridgehead atoms. The number of fused-ring (bicyclic) bond motifs is 1. The molecular formula is C20H26N6O. The molecule has 142 valence electrons. The molecule has 2 aromatic heterocycles. The van der Waals surface area contributed by atoms with E-state index in [9.17, 15) is 4.79 Å². The van der Waals surface area contributed by atoms with E-state index in [1.165, 1.54) is 17.5 Å². The van der Waals surface area contributed by atoms with Gasteiger partial charge in [0, 0.05) is 19.6 Å². The minimum Gasteiger partial charge on any atom is -0.356 e. The first kappa shape index (κ1) is 18.8. The molecule has 0 saturated carbocycles. The zero-order valence-corrected chi connectivity index (χ0v) is 16.4. The third-order valence-electron chi connectivity index (χ3n) is 4.83. The molecule has 0 atom stereocenters. The molecule has 0 unspecified atom stereocenters. The zero-order valence-electron chi connectivity index (χ0n) is 16.4. The number of anilines is 1. The lowest BCUT2D eigenvalue weighted by atomic mass is 10.1. The van der Waals surface area contributed by atoms with E-state index in [4.69, 9.17) is 0 Å². The monoisotopic (exact) mass is 366 g/mol. The number of nitrogens with one attached hydrogen (secondary N) is 1. The minimum atomic E-state index is -0.0961. The van der Waals surface area contributed by atoms with Crippen LogP contribution in [0.2, 0.25) is 0 Å². The molecule has 7 nitrogen and oxygen atoms in total. The molecule has 1 aromatic carbocycles. The summed E-state index contributed by atoms with van der Waals surface area (Å²) >= 11 is 0. The van der Waals surface area contributed by atoms with Gasteiger partial charge in [0.15, 0.2) is 5.65 Å². The minimum absolute atomic E-state index is 0.0961. The van der Waals surface area contributed by atoms with Crippen LogP contribution in [0.1, 0.15) is 30.5 Å². The number of amides is 1. The van der Waals surface area contributed by atoms with Gasteiger partial charge in [0.25, 0.3) is 0 Å². The quantitative estimate of drug-likeness (QED) is 0.696. The highest BCUT2D eigenvalue weighted by Crippen LogP contribution is 2.22. The predicted octanol–water partition coefficient (Wildman–Crippen LogP) is 2.61. The lowest BCUT2D eigenvalue weighted by molar-refractivity contribution is -0.121. The summed E-state index contributed by atoms with van der Waals surface area (Å²) in [6.45, 7) is 10.7. The number of hydrogen-bond acceptors (Lipinski definition) is 5. The third kappa shape index (κ3) is 4.07. The number of aromatic nitrogens is 4. The Balaban J connectivity index is 1.71. The first-order valence-electron chi connectivity index (χ1n) is 9.27. The largest absolute Gasteiger partial charge is 0.356 e. The van der Waals surface area contributed by atoms with Gasteiger partial charge in [-0.15, -0.1) is 0 Å². The van der Waals surface area contributed by atoms with Crippen molar-refractivity contribution in [2.24, 2.45) is 0 Å². The fourth-order valence-electron chi connectivity index (χ4n) is 3.08. The van der Waals surface area contributed by atoms with Crippen molar-refractivity contribution in [3.63, 3.8) is 0 Å². The summed E-state index contributed by atoms with van der Waals surface area (Å²) in [5.74, 6) is 0.757. The van der Waals surface area contributed by atoms with Crippen molar-refractivity contribution in [1.82, 2.24) is 25.1 Å². The van der Waals surface area contributed by atoms with E-state index in [1.807, 2.05) is 6.07 Å². The molecule has 0 aliphatic carbocycles. The topological polar surface area (TPSA) is 75.9 Å². The molecule has 0 saturated heterocycles. The van der Waals surface area contributed by atoms with E-state index in [1.54, 1.807) is 10.9 Å². The van der Waals surface area contributed by atoms with Crippen molar-refractivity contribution in [2.75, 3.05) is 18.0 Å². The van der Waals surface area contributed by atoms with Gasteiger partial charge >= 0.3 is 0 Å². The van der Waals surface area contributed by atoms with Crippen molar-refractivity contribution >= 4 is 22.8 Å². The van der Waals surface area contributed by atoms with Crippen molar-refractivity contribution < 1.29 is 4.79 Å². The Bertz CT molecular complexity index is 945. The third-order valence-corrected chi connectivity index (χ3v) is 4.83. The molecule has 3 aromatic rings. The molecule has 0 fully saturated rings. The number of aryl methyl sites for hydroxylation is 2. The molecule has 0 radical (unpaired) electrons. The molecular weight excluding hydrogens is 340 g/mol. The van der Waals surface area contributed by atoms with Crippen LogP contribution in [-0.4, -0.2) is 38.7 Å². The van der Waals surface area contributed by atoms with Crippen LogP contribution in [0, 0.1) is 13.8 Å². The molecule has 1 amide bonds. The number of rotatable bonds is 7. The van der Waals surface area contributed by atoms with Crippen LogP contribution in [0.4, 0.5) is 5.82 Å². The van der Waals surface area contributed by atoms with Gasteiger partial charge in [-0.05, 0) is 44.4 Å². The Hall–Kier alpha value is -2.96. The van der Waals surface area contributed by atoms with E-state index < -0.39 is 0 Å². The lowest BCUT2D eigenvalue weighted by Gasteiger charge is -2.19. The standard InChI is InChI=1S/C20H26N6O/c1-5-25(6-2)19-17-11-24-26(20(17)23-13-22-19)12-18(27)21-10-16-8-7-14(3)15(4)9-16/h7-9,11,13H,5-6,10,12H2,1-4H3,(H,21,27). The molecule has 1 N–H and O–H groups in total. The van der Waals surface area contributed by atoms with Gasteiger partial charge in [-0.2, -0.15) is 5.10 Å². The summed E-state index contributed by atoms with van der Waals surface area (Å²) in [5.41, 5.74) is 4.23. The Labute approximate surface area is 159 Å². The van der Waals surface area contributed by atoms with Crippen LogP contribution in [0.3, 0.4) is 0 Å². The zero-order chi connectivity index (χ0) is 19.4. The summed E-state index contributed by atoms with van der Waals surface area (Å²) in [5, 5.41) is 8.17. The second kappa shape index (κ2) is 8.16. The van der Waals surface area contributed by atoms with Gasteiger partial charge in [-0.3, -0.25) is 4.79 Å². The summed E-state index contributed by atoms with van der Waals surface area (Å²) < 4.78 is 1.62. The van der Waals surface area contributed by atoms with Gasteiger partial charge in [0.1, 0.15) is 18.7 Å². The van der Waals surface area contributed by atoms with Gasteiger partial charge in [0.05, 0.1) is 11.6 Å². The number of hydrogen-bond donors (Lipinski definition) is 1. The highest BCUT2D eigenvalue weighted by molar-refractivity contribution is 5.87. The molecule has 0 spiro atoms. The highest BCUT2D eigenvalue weighted by Gasteiger charge is 2.15. The normalized spacial score (nSPS) is 11.0. The summed E-state index contributed by atoms with van der Waals surface area (Å²) in [6, 6.07) is 6.21. The molecule has 0 aliphatic heterocycles. The Kier molecular flexibility index (Phi) is 5.69. The highest BCUT2D eigenvalue weighted by atomic mass is 16.2. The number of benzene rings is 1. The average molecular weight is 366 g/mol. The van der Waals surface area contributed by atoms with Crippen LogP contribution in [0.25, 0.3) is 11.0 Å². The van der Waals surface area contributed by atoms with Crippen LogP contribution >= 0.6 is 0 Å². The first-order valence-corrected chi connectivity index (χ1v) is 9.27. The van der Waals surface area contributed by atoms with Gasteiger partial charge in [-0.1, -0.05) is 18.2 Å². The smallest absolute Gasteiger partial charge is 0.242 e. The van der Waals surface area contributed by atoms with Crippen molar-refractivity contribution in [3.05, 3.63) is 47.4 Å². The van der Waals surface area contributed by atoms with E-state index in [0.717, 1.165) is 29.9 Å². The molecule has 27 heavy (non-hydrogen) atoms. The van der Waals surface area contributed by atoms with Crippen LogP contribution < -0.4 is 10.2 Å². The van der Waals surface area contributed by atoms with Crippen molar-refractivity contribution in [2.45, 2.75) is 40.8 Å². The van der Waals surface area contributed by atoms with Crippen LogP contribution in [0.15, 0.2) is 30.7 Å². The Morgan fingerprint density at radius 2 is 1.93 bits per heavy atom. The maximum absolute atomic E-state index is 12.4. The number of carbonyl (C=O) groups is 1. The van der Waals surface area contributed by atoms with Crippen molar-refractivity contribution in [1.29, 1.82) is 0 Å². The van der Waals surface area contributed by atoms with Crippen LogP contribution in [0.5, 0.6) is 0 Å². The average Bonchev–Trinajstić information content (AvgIpc) is 3.07. The molecule has 7 heteroatoms. The molecule has 3 rings (SSSR count). The van der Waals surface area contributed by atoms with Gasteiger partial charge < -0.3 is 10.2 Å².